The first-order valence-corrected chi connectivity index (χ1v) is 8.74. The molecule has 0 aromatic carbocycles. The molecule has 0 radical (unpaired) electrons. The fourth-order valence-electron chi connectivity index (χ4n) is 0.330. The molecule has 0 heterocycles. The molecule has 0 amide bonds. The molecule has 0 aromatic heterocycles. The largest absolute Gasteiger partial charge is 1.00 e. The molecule has 0 aliphatic carbocycles. The first-order valence-electron chi connectivity index (χ1n) is 2.84. The molecule has 0 aliphatic heterocycles. The van der Waals surface area contributed by atoms with Crippen molar-refractivity contribution in [2.75, 3.05) is 23.9 Å². The quantitative estimate of drug-likeness (QED) is 0.275. The number of alkyl halides is 2. The number of halogens is 2. The van der Waals surface area contributed by atoms with Crippen molar-refractivity contribution in [3.05, 3.63) is 0 Å². The summed E-state index contributed by atoms with van der Waals surface area (Å²) < 4.78 is 10.3. The monoisotopic (exact) mass is 364 g/mol. The molecule has 0 N–H and O–H groups in total. The zero-order chi connectivity index (χ0) is 8.74. The van der Waals surface area contributed by atoms with Crippen LogP contribution in [0.2, 0.25) is 0 Å². The van der Waals surface area contributed by atoms with Crippen molar-refractivity contribution in [2.45, 2.75) is 0 Å². The molecule has 0 unspecified atom stereocenters. The van der Waals surface area contributed by atoms with Crippen LogP contribution < -0.4 is 29.6 Å². The molecule has 2 nitrogen and oxygen atoms in total. The van der Waals surface area contributed by atoms with E-state index in [0.717, 1.165) is 10.7 Å². The molecule has 0 fully saturated rings. The number of hydrogen-bond acceptors (Lipinski definition) is 4. The maximum atomic E-state index is 5.13. The van der Waals surface area contributed by atoms with Gasteiger partial charge in [-0.05, 0) is 0 Å². The van der Waals surface area contributed by atoms with Gasteiger partial charge in [-0.15, -0.1) is 0 Å². The van der Waals surface area contributed by atoms with Crippen LogP contribution in [-0.2, 0) is 33.1 Å². The van der Waals surface area contributed by atoms with Gasteiger partial charge in [0.1, 0.15) is 0 Å². The second-order valence-electron chi connectivity index (χ2n) is 1.49. The van der Waals surface area contributed by atoms with Crippen LogP contribution in [-0.4, -0.2) is 23.9 Å². The standard InChI is InChI=1S/C4H9Br2O2PS2.Na/c5-1-3-7-9(10,11)8-4-2-6;/h1-4H2,(H,10,11);/q;+1/p-1. The summed E-state index contributed by atoms with van der Waals surface area (Å²) in [6.07, 6.45) is 0. The fourth-order valence-corrected chi connectivity index (χ4v) is 2.75. The van der Waals surface area contributed by atoms with E-state index >= 15 is 0 Å². The van der Waals surface area contributed by atoms with E-state index in [9.17, 15) is 0 Å². The summed E-state index contributed by atoms with van der Waals surface area (Å²) >= 11 is 16.2. The average molecular weight is 366 g/mol. The molecular formula is C4H8Br2NaO2PS2. The van der Waals surface area contributed by atoms with Crippen LogP contribution in [0.5, 0.6) is 0 Å². The minimum atomic E-state index is -2.37. The summed E-state index contributed by atoms with van der Waals surface area (Å²) in [7, 11) is 0. The summed E-state index contributed by atoms with van der Waals surface area (Å²) in [5, 5.41) is 1.47. The van der Waals surface area contributed by atoms with Gasteiger partial charge in [0.25, 0.3) is 0 Å². The van der Waals surface area contributed by atoms with Gasteiger partial charge in [-0.1, -0.05) is 43.7 Å². The Labute approximate surface area is 122 Å². The van der Waals surface area contributed by atoms with Crippen molar-refractivity contribution >= 4 is 61.6 Å². The first kappa shape index (κ1) is 17.3. The molecule has 8 heteroatoms. The van der Waals surface area contributed by atoms with Crippen molar-refractivity contribution < 1.29 is 38.6 Å². The molecule has 0 aromatic rings. The topological polar surface area (TPSA) is 18.5 Å². The van der Waals surface area contributed by atoms with Crippen molar-refractivity contribution in [2.24, 2.45) is 0 Å². The molecule has 0 saturated carbocycles. The van der Waals surface area contributed by atoms with Crippen LogP contribution in [0.3, 0.4) is 0 Å². The zero-order valence-electron chi connectivity index (χ0n) is 6.66. The van der Waals surface area contributed by atoms with E-state index in [2.05, 4.69) is 31.9 Å². The van der Waals surface area contributed by atoms with Crippen LogP contribution in [0.4, 0.5) is 0 Å². The second-order valence-corrected chi connectivity index (χ2v) is 8.07. The maximum absolute atomic E-state index is 5.13. The first-order chi connectivity index (χ1) is 5.12. The summed E-state index contributed by atoms with van der Waals surface area (Å²) in [5.74, 6) is 0. The van der Waals surface area contributed by atoms with E-state index in [-0.39, 0.29) is 29.6 Å². The fraction of sp³-hybridized carbons (Fsp3) is 1.00. The number of rotatable bonds is 6. The van der Waals surface area contributed by atoms with E-state index in [4.69, 9.17) is 33.1 Å². The van der Waals surface area contributed by atoms with E-state index in [1.807, 2.05) is 0 Å². The molecule has 0 aliphatic rings. The van der Waals surface area contributed by atoms with Gasteiger partial charge in [0.2, 0.25) is 0 Å². The van der Waals surface area contributed by atoms with Gasteiger partial charge >= 0.3 is 29.6 Å². The van der Waals surface area contributed by atoms with E-state index in [0.29, 0.717) is 13.2 Å². The van der Waals surface area contributed by atoms with Crippen molar-refractivity contribution in [3.63, 3.8) is 0 Å². The van der Waals surface area contributed by atoms with Gasteiger partial charge in [0.05, 0.1) is 18.9 Å². The third-order valence-electron chi connectivity index (χ3n) is 0.653. The molecule has 0 saturated heterocycles. The average Bonchev–Trinajstić information content (AvgIpc) is 1.97. The Kier molecular flexibility index (Phi) is 15.0. The maximum Gasteiger partial charge on any atom is 1.00 e. The third kappa shape index (κ3) is 11.0. The SMILES string of the molecule is S=P([S-])(OCCBr)OCCBr.[Na+]. The second kappa shape index (κ2) is 10.4. The van der Waals surface area contributed by atoms with Crippen molar-refractivity contribution in [1.82, 2.24) is 0 Å². The van der Waals surface area contributed by atoms with Gasteiger partial charge in [-0.3, -0.25) is 0 Å². The normalized spacial score (nSPS) is 10.9. The van der Waals surface area contributed by atoms with Gasteiger partial charge in [-0.25, -0.2) is 0 Å². The van der Waals surface area contributed by atoms with Crippen LogP contribution >= 0.6 is 37.6 Å². The Hall–Kier alpha value is 2.88. The smallest absolute Gasteiger partial charge is 0.691 e. The van der Waals surface area contributed by atoms with E-state index in [1.165, 1.54) is 0 Å². The van der Waals surface area contributed by atoms with Crippen LogP contribution in [0.1, 0.15) is 0 Å². The zero-order valence-corrected chi connectivity index (χ0v) is 14.4. The van der Waals surface area contributed by atoms with Gasteiger partial charge in [0.15, 0.2) is 0 Å². The minimum Gasteiger partial charge on any atom is -0.691 e. The molecule has 0 atom stereocenters. The van der Waals surface area contributed by atoms with E-state index in [1.54, 1.807) is 0 Å². The Bertz CT molecular complexity index is 139. The number of hydrogen-bond donors (Lipinski definition) is 0. The molecule has 0 rings (SSSR count). The van der Waals surface area contributed by atoms with Gasteiger partial charge in [-0.2, -0.15) is 0 Å². The Balaban J connectivity index is 0. The van der Waals surface area contributed by atoms with Crippen LogP contribution in [0.25, 0.3) is 0 Å². The van der Waals surface area contributed by atoms with Gasteiger partial charge in [0, 0.05) is 10.7 Å². The van der Waals surface area contributed by atoms with Crippen LogP contribution in [0, 0.1) is 0 Å². The summed E-state index contributed by atoms with van der Waals surface area (Å²) in [6.45, 7) is 1.03. The summed E-state index contributed by atoms with van der Waals surface area (Å²) in [6, 6.07) is 0. The Morgan fingerprint density at radius 1 is 1.17 bits per heavy atom. The summed E-state index contributed by atoms with van der Waals surface area (Å²) in [4.78, 5) is 0. The minimum absolute atomic E-state index is 0. The predicted molar refractivity (Wildman–Crippen MR) is 61.1 cm³/mol. The molecule has 68 valence electrons. The van der Waals surface area contributed by atoms with E-state index < -0.39 is 5.69 Å². The Morgan fingerprint density at radius 3 is 1.75 bits per heavy atom. The van der Waals surface area contributed by atoms with Gasteiger partial charge < -0.3 is 21.3 Å². The predicted octanol–water partition coefficient (Wildman–Crippen LogP) is -0.415. The third-order valence-corrected chi connectivity index (χ3v) is 3.56. The van der Waals surface area contributed by atoms with Crippen molar-refractivity contribution in [3.8, 4) is 0 Å². The Morgan fingerprint density at radius 2 is 1.50 bits per heavy atom. The molecular weight excluding hydrogens is 358 g/mol. The summed E-state index contributed by atoms with van der Waals surface area (Å²) in [5.41, 5.74) is -2.37. The molecule has 0 spiro atoms. The van der Waals surface area contributed by atoms with Crippen LogP contribution in [0.15, 0.2) is 0 Å². The molecule has 0 bridgehead atoms. The molecule has 12 heavy (non-hydrogen) atoms. The van der Waals surface area contributed by atoms with Crippen molar-refractivity contribution in [1.29, 1.82) is 0 Å².